The number of rotatable bonds is 4. The van der Waals surface area contributed by atoms with E-state index in [1.54, 1.807) is 18.2 Å². The molecule has 23 heavy (non-hydrogen) atoms. The standard InChI is InChI=1S/C15H16BrN5O2/c16-12-1-2-13(22)11(7-12)9-19-20-14-8-15(18-10-17-14)21-3-5-23-6-4-21/h1-2,7-10,22H,3-6H2,(H,17,18,20)/b19-9+. The quantitative estimate of drug-likeness (QED) is 0.627. The van der Waals surface area contributed by atoms with Crippen LogP contribution in [0, 0.1) is 0 Å². The van der Waals surface area contributed by atoms with Crippen molar-refractivity contribution in [3.8, 4) is 5.75 Å². The van der Waals surface area contributed by atoms with E-state index in [1.807, 2.05) is 6.07 Å². The molecule has 1 aromatic heterocycles. The van der Waals surface area contributed by atoms with E-state index in [0.717, 1.165) is 23.4 Å². The third kappa shape index (κ3) is 4.17. The van der Waals surface area contributed by atoms with Gasteiger partial charge in [-0.2, -0.15) is 5.10 Å². The molecule has 1 aromatic carbocycles. The second-order valence-corrected chi connectivity index (χ2v) is 5.85. The topological polar surface area (TPSA) is 82.9 Å². The lowest BCUT2D eigenvalue weighted by atomic mass is 10.2. The summed E-state index contributed by atoms with van der Waals surface area (Å²) in [6.45, 7) is 3.03. The summed E-state index contributed by atoms with van der Waals surface area (Å²) < 4.78 is 6.20. The van der Waals surface area contributed by atoms with Crippen LogP contribution in [0.15, 0.2) is 40.2 Å². The minimum Gasteiger partial charge on any atom is -0.507 e. The van der Waals surface area contributed by atoms with E-state index in [1.165, 1.54) is 12.5 Å². The Kier molecular flexibility index (Phi) is 5.04. The lowest BCUT2D eigenvalue weighted by molar-refractivity contribution is 0.122. The first-order chi connectivity index (χ1) is 11.2. The van der Waals surface area contributed by atoms with Crippen molar-refractivity contribution in [3.63, 3.8) is 0 Å². The highest BCUT2D eigenvalue weighted by Gasteiger charge is 2.12. The summed E-state index contributed by atoms with van der Waals surface area (Å²) in [7, 11) is 0. The summed E-state index contributed by atoms with van der Waals surface area (Å²) in [5.74, 6) is 1.59. The Bertz CT molecular complexity index is 704. The number of phenols is 1. The molecule has 1 aliphatic rings. The molecule has 0 radical (unpaired) electrons. The molecule has 1 aliphatic heterocycles. The predicted molar refractivity (Wildman–Crippen MR) is 92.1 cm³/mol. The van der Waals surface area contributed by atoms with Gasteiger partial charge in [0.2, 0.25) is 0 Å². The van der Waals surface area contributed by atoms with Gasteiger partial charge in [-0.05, 0) is 18.2 Å². The molecule has 1 saturated heterocycles. The molecular weight excluding hydrogens is 362 g/mol. The van der Waals surface area contributed by atoms with Crippen LogP contribution in [0.25, 0.3) is 0 Å². The van der Waals surface area contributed by atoms with Gasteiger partial charge >= 0.3 is 0 Å². The van der Waals surface area contributed by atoms with Crippen LogP contribution in [0.5, 0.6) is 5.75 Å². The van der Waals surface area contributed by atoms with Gasteiger partial charge in [0.05, 0.1) is 19.4 Å². The molecule has 2 N–H and O–H groups in total. The highest BCUT2D eigenvalue weighted by molar-refractivity contribution is 9.10. The van der Waals surface area contributed by atoms with Gasteiger partial charge in [0.25, 0.3) is 0 Å². The molecular formula is C15H16BrN5O2. The Labute approximate surface area is 142 Å². The van der Waals surface area contributed by atoms with Crippen molar-refractivity contribution in [1.82, 2.24) is 9.97 Å². The highest BCUT2D eigenvalue weighted by atomic mass is 79.9. The van der Waals surface area contributed by atoms with Crippen LogP contribution in [0.3, 0.4) is 0 Å². The predicted octanol–water partition coefficient (Wildman–Crippen LogP) is 2.23. The molecule has 0 aliphatic carbocycles. The van der Waals surface area contributed by atoms with E-state index in [9.17, 15) is 5.11 Å². The molecule has 2 aromatic rings. The molecule has 3 rings (SSSR count). The van der Waals surface area contributed by atoms with Crippen molar-refractivity contribution < 1.29 is 9.84 Å². The molecule has 0 atom stereocenters. The zero-order valence-electron chi connectivity index (χ0n) is 12.3. The number of benzene rings is 1. The van der Waals surface area contributed by atoms with Crippen molar-refractivity contribution in [1.29, 1.82) is 0 Å². The molecule has 1 fully saturated rings. The van der Waals surface area contributed by atoms with Gasteiger partial charge in [-0.3, -0.25) is 5.43 Å². The molecule has 2 heterocycles. The first-order valence-corrected chi connectivity index (χ1v) is 7.94. The molecule has 0 unspecified atom stereocenters. The maximum atomic E-state index is 9.76. The Morgan fingerprint density at radius 1 is 1.26 bits per heavy atom. The zero-order valence-corrected chi connectivity index (χ0v) is 13.9. The summed E-state index contributed by atoms with van der Waals surface area (Å²) in [6, 6.07) is 6.98. The SMILES string of the molecule is Oc1ccc(Br)cc1/C=N/Nc1cc(N2CCOCC2)ncn1. The largest absolute Gasteiger partial charge is 0.507 e. The van der Waals surface area contributed by atoms with E-state index >= 15 is 0 Å². The van der Waals surface area contributed by atoms with E-state index in [2.05, 4.69) is 41.3 Å². The fraction of sp³-hybridized carbons (Fsp3) is 0.267. The smallest absolute Gasteiger partial charge is 0.151 e. The number of aromatic nitrogens is 2. The minimum absolute atomic E-state index is 0.162. The molecule has 8 heteroatoms. The normalized spacial score (nSPS) is 15.1. The Morgan fingerprint density at radius 3 is 2.91 bits per heavy atom. The van der Waals surface area contributed by atoms with Crippen LogP contribution in [0.1, 0.15) is 5.56 Å². The first kappa shape index (κ1) is 15.7. The third-order valence-corrected chi connectivity index (χ3v) is 3.85. The van der Waals surface area contributed by atoms with Crippen molar-refractivity contribution in [2.45, 2.75) is 0 Å². The lowest BCUT2D eigenvalue weighted by Gasteiger charge is -2.27. The van der Waals surface area contributed by atoms with Crippen LogP contribution in [0.2, 0.25) is 0 Å². The van der Waals surface area contributed by atoms with E-state index in [-0.39, 0.29) is 5.75 Å². The number of halogens is 1. The number of hydrogen-bond acceptors (Lipinski definition) is 7. The van der Waals surface area contributed by atoms with Crippen LogP contribution >= 0.6 is 15.9 Å². The van der Waals surface area contributed by atoms with Gasteiger partial charge < -0.3 is 14.7 Å². The summed E-state index contributed by atoms with van der Waals surface area (Å²) in [5.41, 5.74) is 3.46. The lowest BCUT2D eigenvalue weighted by Crippen LogP contribution is -2.36. The number of aromatic hydroxyl groups is 1. The van der Waals surface area contributed by atoms with Gasteiger partial charge in [-0.1, -0.05) is 15.9 Å². The maximum Gasteiger partial charge on any atom is 0.151 e. The molecule has 0 saturated carbocycles. The molecule has 7 nitrogen and oxygen atoms in total. The Balaban J connectivity index is 1.68. The van der Waals surface area contributed by atoms with E-state index in [0.29, 0.717) is 24.6 Å². The summed E-state index contributed by atoms with van der Waals surface area (Å²) in [5, 5.41) is 13.9. The number of morpholine rings is 1. The van der Waals surface area contributed by atoms with Gasteiger partial charge in [0.15, 0.2) is 5.82 Å². The van der Waals surface area contributed by atoms with Crippen molar-refractivity contribution in [2.24, 2.45) is 5.10 Å². The van der Waals surface area contributed by atoms with Crippen LogP contribution < -0.4 is 10.3 Å². The van der Waals surface area contributed by atoms with Crippen molar-refractivity contribution in [3.05, 3.63) is 40.6 Å². The molecule has 0 bridgehead atoms. The number of nitrogens with one attached hydrogen (secondary N) is 1. The summed E-state index contributed by atoms with van der Waals surface area (Å²) >= 11 is 3.36. The Hall–Kier alpha value is -2.19. The van der Waals surface area contributed by atoms with Crippen LogP contribution in [0.4, 0.5) is 11.6 Å². The minimum atomic E-state index is 0.162. The molecule has 0 spiro atoms. The second kappa shape index (κ2) is 7.38. The van der Waals surface area contributed by atoms with Gasteiger partial charge in [0, 0.05) is 29.2 Å². The number of phenolic OH excluding ortho intramolecular Hbond substituents is 1. The summed E-state index contributed by atoms with van der Waals surface area (Å²) in [6.07, 6.45) is 3.04. The van der Waals surface area contributed by atoms with Crippen molar-refractivity contribution >= 4 is 33.8 Å². The summed E-state index contributed by atoms with van der Waals surface area (Å²) in [4.78, 5) is 10.6. The number of hydrogen-bond donors (Lipinski definition) is 2. The van der Waals surface area contributed by atoms with Crippen LogP contribution in [-0.4, -0.2) is 47.6 Å². The monoisotopic (exact) mass is 377 g/mol. The average molecular weight is 378 g/mol. The third-order valence-electron chi connectivity index (χ3n) is 3.36. The highest BCUT2D eigenvalue weighted by Crippen LogP contribution is 2.20. The molecule has 0 amide bonds. The van der Waals surface area contributed by atoms with Gasteiger partial charge in [0.1, 0.15) is 17.9 Å². The van der Waals surface area contributed by atoms with Crippen molar-refractivity contribution in [2.75, 3.05) is 36.6 Å². The average Bonchev–Trinajstić information content (AvgIpc) is 2.59. The number of anilines is 2. The van der Waals surface area contributed by atoms with Crippen LogP contribution in [-0.2, 0) is 4.74 Å². The van der Waals surface area contributed by atoms with Gasteiger partial charge in [-0.15, -0.1) is 0 Å². The first-order valence-electron chi connectivity index (χ1n) is 7.15. The maximum absolute atomic E-state index is 9.76. The second-order valence-electron chi connectivity index (χ2n) is 4.93. The van der Waals surface area contributed by atoms with E-state index < -0.39 is 0 Å². The number of ether oxygens (including phenoxy) is 1. The molecule has 120 valence electrons. The van der Waals surface area contributed by atoms with Gasteiger partial charge in [-0.25, -0.2) is 9.97 Å². The number of hydrazone groups is 1. The van der Waals surface area contributed by atoms with E-state index in [4.69, 9.17) is 4.74 Å². The Morgan fingerprint density at radius 2 is 2.09 bits per heavy atom. The fourth-order valence-electron chi connectivity index (χ4n) is 2.17. The number of nitrogens with zero attached hydrogens (tertiary/aromatic N) is 4. The zero-order chi connectivity index (χ0) is 16.1. The fourth-order valence-corrected chi connectivity index (χ4v) is 2.55.